The number of aromatic nitrogens is 1. The van der Waals surface area contributed by atoms with Gasteiger partial charge in [-0.25, -0.2) is 8.42 Å². The maximum Gasteiger partial charge on any atom is 0.257 e. The first-order valence-electron chi connectivity index (χ1n) is 11.2. The van der Waals surface area contributed by atoms with Crippen LogP contribution in [0.2, 0.25) is 5.02 Å². The van der Waals surface area contributed by atoms with Crippen LogP contribution in [-0.4, -0.2) is 31.8 Å². The van der Waals surface area contributed by atoms with Gasteiger partial charge in [0.05, 0.1) is 17.3 Å². The Morgan fingerprint density at radius 2 is 1.59 bits per heavy atom. The molecule has 8 nitrogen and oxygen atoms in total. The highest BCUT2D eigenvalue weighted by Gasteiger charge is 2.15. The molecule has 188 valence electrons. The average molecular weight is 536 g/mol. The number of hydrogen-bond acceptors (Lipinski definition) is 6. The van der Waals surface area contributed by atoms with Gasteiger partial charge in [0.2, 0.25) is 0 Å². The third-order valence-electron chi connectivity index (χ3n) is 5.39. The molecule has 0 spiro atoms. The van der Waals surface area contributed by atoms with Gasteiger partial charge in [-0.1, -0.05) is 41.9 Å². The van der Waals surface area contributed by atoms with Crippen molar-refractivity contribution in [3.8, 4) is 11.3 Å². The number of anilines is 2. The molecule has 4 aromatic rings. The second kappa shape index (κ2) is 12.3. The smallest absolute Gasteiger partial charge is 0.257 e. The van der Waals surface area contributed by atoms with Crippen LogP contribution in [0.25, 0.3) is 11.3 Å². The van der Waals surface area contributed by atoms with E-state index in [0.717, 1.165) is 0 Å². The Hall–Kier alpha value is -4.05. The molecule has 1 aromatic heterocycles. The molecule has 0 aliphatic heterocycles. The number of carbonyl (C=O) groups excluding carboxylic acids is 2. The molecular weight excluding hydrogens is 514 g/mol. The van der Waals surface area contributed by atoms with E-state index < -0.39 is 16.9 Å². The Morgan fingerprint density at radius 3 is 2.32 bits per heavy atom. The minimum atomic E-state index is -2.99. The predicted molar refractivity (Wildman–Crippen MR) is 143 cm³/mol. The van der Waals surface area contributed by atoms with E-state index >= 15 is 0 Å². The summed E-state index contributed by atoms with van der Waals surface area (Å²) < 4.78 is 26.2. The fraction of sp³-hybridized carbons (Fsp3) is 0.0741. The summed E-state index contributed by atoms with van der Waals surface area (Å²) >= 11 is 6.34. The van der Waals surface area contributed by atoms with Gasteiger partial charge >= 0.3 is 0 Å². The van der Waals surface area contributed by atoms with Crippen molar-refractivity contribution in [2.45, 2.75) is 6.42 Å². The van der Waals surface area contributed by atoms with E-state index in [1.54, 1.807) is 72.9 Å². The molecule has 37 heavy (non-hydrogen) atoms. The molecule has 0 saturated carbocycles. The number of rotatable bonds is 9. The molecule has 10 heteroatoms. The Bertz CT molecular complexity index is 1490. The lowest BCUT2D eigenvalue weighted by Crippen LogP contribution is -2.16. The molecule has 0 aliphatic rings. The summed E-state index contributed by atoms with van der Waals surface area (Å²) in [6.45, 7) is -0.0977. The van der Waals surface area contributed by atoms with Crippen LogP contribution in [0, 0.1) is 0 Å². The second-order valence-corrected chi connectivity index (χ2v) is 8.98. The molecule has 0 radical (unpaired) electrons. The van der Waals surface area contributed by atoms with Gasteiger partial charge in [-0.3, -0.25) is 18.8 Å². The van der Waals surface area contributed by atoms with Crippen molar-refractivity contribution in [3.05, 3.63) is 113 Å². The predicted octanol–water partition coefficient (Wildman–Crippen LogP) is 4.99. The first-order valence-corrected chi connectivity index (χ1v) is 12.7. The summed E-state index contributed by atoms with van der Waals surface area (Å²) in [4.78, 5) is 30.2. The largest absolute Gasteiger partial charge is 0.322 e. The third-order valence-corrected chi connectivity index (χ3v) is 6.11. The molecule has 2 amide bonds. The number of pyridine rings is 1. The van der Waals surface area contributed by atoms with Gasteiger partial charge in [-0.2, -0.15) is 0 Å². The molecule has 2 N–H and O–H groups in total. The summed E-state index contributed by atoms with van der Waals surface area (Å²) in [6.07, 6.45) is 1.87. The zero-order valence-corrected chi connectivity index (χ0v) is 21.0. The van der Waals surface area contributed by atoms with Crippen molar-refractivity contribution < 1.29 is 22.2 Å². The van der Waals surface area contributed by atoms with Crippen molar-refractivity contribution in [1.29, 1.82) is 0 Å². The lowest BCUT2D eigenvalue weighted by Gasteiger charge is -2.14. The molecule has 0 bridgehead atoms. The van der Waals surface area contributed by atoms with Crippen LogP contribution in [0.3, 0.4) is 0 Å². The van der Waals surface area contributed by atoms with Crippen LogP contribution in [0.5, 0.6) is 0 Å². The van der Waals surface area contributed by atoms with Gasteiger partial charge in [0.15, 0.2) is 0 Å². The molecule has 0 saturated heterocycles. The highest BCUT2D eigenvalue weighted by Crippen LogP contribution is 2.29. The van der Waals surface area contributed by atoms with Crippen LogP contribution in [-0.2, 0) is 21.6 Å². The second-order valence-electron chi connectivity index (χ2n) is 7.86. The van der Waals surface area contributed by atoms with E-state index in [1.807, 2.05) is 12.1 Å². The maximum atomic E-state index is 13.1. The van der Waals surface area contributed by atoms with Crippen molar-refractivity contribution in [3.63, 3.8) is 0 Å². The number of nitrogens with one attached hydrogen (secondary N) is 2. The number of carbonyl (C=O) groups is 2. The van der Waals surface area contributed by atoms with E-state index in [1.165, 1.54) is 6.07 Å². The lowest BCUT2D eigenvalue weighted by molar-refractivity contribution is 0.101. The number of thiol groups is 1. The highest BCUT2D eigenvalue weighted by molar-refractivity contribution is 7.67. The Labute approximate surface area is 220 Å². The minimum Gasteiger partial charge on any atom is -0.322 e. The first kappa shape index (κ1) is 26.0. The van der Waals surface area contributed by atoms with Gasteiger partial charge in [-0.15, -0.1) is 0 Å². The monoisotopic (exact) mass is 535 g/mol. The normalized spacial score (nSPS) is 10.8. The molecule has 1 heterocycles. The fourth-order valence-electron chi connectivity index (χ4n) is 3.59. The standard InChI is InChI=1S/C27H22ClN3O5S/c28-23-12-11-21(17-22(23)24-8-4-5-14-29-24)30-27(33)20-10-9-18(13-15-36-37(34)35)25(16-20)31-26(32)19-6-2-1-3-7-19/h1-12,14,16-17,37H,13,15H2,(H,30,33)(H,31,32). The van der Waals surface area contributed by atoms with Crippen LogP contribution in [0.15, 0.2) is 91.1 Å². The Kier molecular flexibility index (Phi) is 8.63. The van der Waals surface area contributed by atoms with Crippen LogP contribution >= 0.6 is 11.6 Å². The van der Waals surface area contributed by atoms with Crippen molar-refractivity contribution in [1.82, 2.24) is 4.98 Å². The van der Waals surface area contributed by atoms with Crippen LogP contribution < -0.4 is 10.6 Å². The topological polar surface area (TPSA) is 114 Å². The Morgan fingerprint density at radius 1 is 0.838 bits per heavy atom. The zero-order chi connectivity index (χ0) is 26.2. The van der Waals surface area contributed by atoms with Crippen molar-refractivity contribution in [2.75, 3.05) is 17.2 Å². The molecular formula is C27H22ClN3O5S. The van der Waals surface area contributed by atoms with E-state index in [2.05, 4.69) is 19.8 Å². The number of benzene rings is 3. The molecule has 0 atom stereocenters. The minimum absolute atomic E-state index is 0.0977. The van der Waals surface area contributed by atoms with Crippen LogP contribution in [0.1, 0.15) is 26.3 Å². The SMILES string of the molecule is O=C(Nc1ccc(Cl)c(-c2ccccn2)c1)c1ccc(CCO[SH](=O)=O)c(NC(=O)c2ccccc2)c1. The molecule has 4 rings (SSSR count). The zero-order valence-electron chi connectivity index (χ0n) is 19.4. The van der Waals surface area contributed by atoms with Gasteiger partial charge < -0.3 is 10.6 Å². The molecule has 0 unspecified atom stereocenters. The number of nitrogens with zero attached hydrogens (tertiary/aromatic N) is 1. The van der Waals surface area contributed by atoms with E-state index in [9.17, 15) is 18.0 Å². The van der Waals surface area contributed by atoms with Gasteiger partial charge in [-0.05, 0) is 66.6 Å². The van der Waals surface area contributed by atoms with Crippen molar-refractivity contribution >= 4 is 45.8 Å². The number of amides is 2. The number of hydrogen-bond donors (Lipinski definition) is 3. The molecule has 0 fully saturated rings. The summed E-state index contributed by atoms with van der Waals surface area (Å²) in [7, 11) is -2.99. The highest BCUT2D eigenvalue weighted by atomic mass is 35.5. The summed E-state index contributed by atoms with van der Waals surface area (Å²) in [5.41, 5.74) is 3.56. The summed E-state index contributed by atoms with van der Waals surface area (Å²) in [5.74, 6) is -0.775. The third kappa shape index (κ3) is 7.01. The first-order chi connectivity index (χ1) is 17.9. The van der Waals surface area contributed by atoms with Crippen LogP contribution in [0.4, 0.5) is 11.4 Å². The van der Waals surface area contributed by atoms with Gasteiger partial charge in [0.1, 0.15) is 0 Å². The molecule has 0 aliphatic carbocycles. The quantitative estimate of drug-likeness (QED) is 0.260. The van der Waals surface area contributed by atoms with Gasteiger partial charge in [0, 0.05) is 34.3 Å². The fourth-order valence-corrected chi connectivity index (χ4v) is 4.05. The van der Waals surface area contributed by atoms with E-state index in [-0.39, 0.29) is 24.5 Å². The van der Waals surface area contributed by atoms with Crippen molar-refractivity contribution in [2.24, 2.45) is 0 Å². The van der Waals surface area contributed by atoms with E-state index in [0.29, 0.717) is 38.8 Å². The summed E-state index contributed by atoms with van der Waals surface area (Å²) in [5, 5.41) is 6.15. The summed E-state index contributed by atoms with van der Waals surface area (Å²) in [6, 6.07) is 23.9. The average Bonchev–Trinajstić information content (AvgIpc) is 2.91. The Balaban J connectivity index is 1.58. The lowest BCUT2D eigenvalue weighted by atomic mass is 10.0. The maximum absolute atomic E-state index is 13.1. The van der Waals surface area contributed by atoms with Gasteiger partial charge in [0.25, 0.3) is 22.8 Å². The van der Waals surface area contributed by atoms with E-state index in [4.69, 9.17) is 11.6 Å². The molecule has 3 aromatic carbocycles. The number of halogens is 1.